The number of hydrogen-bond acceptors (Lipinski definition) is 4. The zero-order chi connectivity index (χ0) is 24.1. The van der Waals surface area contributed by atoms with E-state index in [4.69, 9.17) is 0 Å². The molecule has 2 heterocycles. The second kappa shape index (κ2) is 8.14. The minimum Gasteiger partial charge on any atom is -0.503 e. The average molecular weight is 450 g/mol. The Bertz CT molecular complexity index is 1270. The fraction of sp³-hybridized carbons (Fsp3) is 0.346. The van der Waals surface area contributed by atoms with Crippen molar-refractivity contribution in [2.45, 2.75) is 52.5 Å². The molecule has 33 heavy (non-hydrogen) atoms. The predicted molar refractivity (Wildman–Crippen MR) is 126 cm³/mol. The lowest BCUT2D eigenvalue weighted by Gasteiger charge is -2.26. The SMILES string of the molecule is CC(C)CC(=O)C1=C(O)C(=O)N(c2nc3ccc(F)cc3[nH]2)C1c1ccc(C(C)(C)C)cc1. The number of nitrogens with one attached hydrogen (secondary N) is 1. The molecule has 1 unspecified atom stereocenters. The number of benzene rings is 2. The summed E-state index contributed by atoms with van der Waals surface area (Å²) in [7, 11) is 0. The summed E-state index contributed by atoms with van der Waals surface area (Å²) in [5.41, 5.74) is 2.66. The van der Waals surface area contributed by atoms with Gasteiger partial charge in [0, 0.05) is 6.42 Å². The van der Waals surface area contributed by atoms with Gasteiger partial charge in [0.2, 0.25) is 5.95 Å². The third kappa shape index (κ3) is 4.15. The molecule has 0 radical (unpaired) electrons. The molecule has 7 heteroatoms. The molecule has 1 aliphatic rings. The number of carbonyl (C=O) groups excluding carboxylic acids is 2. The van der Waals surface area contributed by atoms with Crippen LogP contribution in [0, 0.1) is 11.7 Å². The number of H-pyrrole nitrogens is 1. The van der Waals surface area contributed by atoms with Crippen LogP contribution in [-0.4, -0.2) is 26.8 Å². The number of carbonyl (C=O) groups is 2. The van der Waals surface area contributed by atoms with Gasteiger partial charge in [0.1, 0.15) is 5.82 Å². The second-order valence-electron chi connectivity index (χ2n) is 9.96. The number of Topliss-reactive ketones (excluding diaryl/α,β-unsaturated/α-hetero) is 1. The summed E-state index contributed by atoms with van der Waals surface area (Å²) in [5, 5.41) is 10.8. The maximum atomic E-state index is 13.7. The Morgan fingerprint density at radius 2 is 1.85 bits per heavy atom. The van der Waals surface area contributed by atoms with Crippen molar-refractivity contribution < 1.29 is 19.1 Å². The van der Waals surface area contributed by atoms with E-state index in [-0.39, 0.29) is 35.1 Å². The molecular weight excluding hydrogens is 421 g/mol. The lowest BCUT2D eigenvalue weighted by atomic mass is 9.85. The first-order valence-corrected chi connectivity index (χ1v) is 11.0. The van der Waals surface area contributed by atoms with Gasteiger partial charge in [-0.15, -0.1) is 0 Å². The van der Waals surface area contributed by atoms with Crippen molar-refractivity contribution in [1.29, 1.82) is 0 Å². The molecule has 0 saturated carbocycles. The zero-order valence-corrected chi connectivity index (χ0v) is 19.4. The predicted octanol–water partition coefficient (Wildman–Crippen LogP) is 5.51. The molecule has 1 aliphatic heterocycles. The van der Waals surface area contributed by atoms with E-state index in [1.165, 1.54) is 23.1 Å². The number of hydrogen-bond donors (Lipinski definition) is 2. The van der Waals surface area contributed by atoms with Crippen molar-refractivity contribution in [3.05, 3.63) is 70.7 Å². The van der Waals surface area contributed by atoms with E-state index in [1.54, 1.807) is 0 Å². The summed E-state index contributed by atoms with van der Waals surface area (Å²) in [5.74, 6) is -1.81. The van der Waals surface area contributed by atoms with Gasteiger partial charge in [-0.05, 0) is 40.7 Å². The summed E-state index contributed by atoms with van der Waals surface area (Å²) >= 11 is 0. The summed E-state index contributed by atoms with van der Waals surface area (Å²) in [6.45, 7) is 10.1. The standard InChI is InChI=1S/C26H28FN3O3/c1-14(2)12-20(31)21-22(15-6-8-16(9-7-15)26(3,4)5)30(24(33)23(21)32)25-28-18-11-10-17(27)13-19(18)29-25/h6-11,13-14,22,32H,12H2,1-5H3,(H,28,29). The normalized spacial score (nSPS) is 17.0. The van der Waals surface area contributed by atoms with Gasteiger partial charge in [0.25, 0.3) is 5.91 Å². The average Bonchev–Trinajstić information content (AvgIpc) is 3.25. The summed E-state index contributed by atoms with van der Waals surface area (Å²) in [6.07, 6.45) is 0.197. The number of anilines is 1. The highest BCUT2D eigenvalue weighted by molar-refractivity contribution is 6.16. The molecule has 0 aliphatic carbocycles. The highest BCUT2D eigenvalue weighted by Gasteiger charge is 2.45. The number of nitrogens with zero attached hydrogens (tertiary/aromatic N) is 2. The zero-order valence-electron chi connectivity index (χ0n) is 19.4. The number of ketones is 1. The van der Waals surface area contributed by atoms with E-state index in [1.807, 2.05) is 38.1 Å². The van der Waals surface area contributed by atoms with Crippen molar-refractivity contribution >= 4 is 28.7 Å². The van der Waals surface area contributed by atoms with Crippen molar-refractivity contribution in [2.24, 2.45) is 5.92 Å². The largest absolute Gasteiger partial charge is 0.503 e. The second-order valence-corrected chi connectivity index (χ2v) is 9.96. The Morgan fingerprint density at radius 3 is 2.45 bits per heavy atom. The lowest BCUT2D eigenvalue weighted by Crippen LogP contribution is -2.32. The number of rotatable bonds is 5. The van der Waals surface area contributed by atoms with Crippen LogP contribution >= 0.6 is 0 Å². The number of imidazole rings is 1. The van der Waals surface area contributed by atoms with E-state index < -0.39 is 23.5 Å². The van der Waals surface area contributed by atoms with Gasteiger partial charge in [-0.3, -0.25) is 14.5 Å². The Kier molecular flexibility index (Phi) is 5.60. The molecule has 1 atom stereocenters. The minimum absolute atomic E-state index is 0.0556. The van der Waals surface area contributed by atoms with Gasteiger partial charge in [-0.25, -0.2) is 9.37 Å². The molecule has 1 aromatic heterocycles. The fourth-order valence-corrected chi connectivity index (χ4v) is 4.15. The highest BCUT2D eigenvalue weighted by Crippen LogP contribution is 2.41. The molecule has 1 amide bonds. The molecule has 0 bridgehead atoms. The lowest BCUT2D eigenvalue weighted by molar-refractivity contribution is -0.118. The first-order valence-electron chi connectivity index (χ1n) is 11.0. The van der Waals surface area contributed by atoms with E-state index in [0.29, 0.717) is 16.6 Å². The molecule has 6 nitrogen and oxygen atoms in total. The first-order chi connectivity index (χ1) is 15.5. The highest BCUT2D eigenvalue weighted by atomic mass is 19.1. The Balaban J connectivity index is 1.85. The number of aromatic nitrogens is 2. The molecule has 2 N–H and O–H groups in total. The molecule has 0 fully saturated rings. The first kappa shape index (κ1) is 22.7. The number of amides is 1. The molecule has 2 aromatic carbocycles. The number of fused-ring (bicyclic) bond motifs is 1. The summed E-state index contributed by atoms with van der Waals surface area (Å²) in [4.78, 5) is 35.0. The van der Waals surface area contributed by atoms with Crippen LogP contribution in [0.5, 0.6) is 0 Å². The Morgan fingerprint density at radius 1 is 1.18 bits per heavy atom. The monoisotopic (exact) mass is 449 g/mol. The van der Waals surface area contributed by atoms with Crippen LogP contribution in [0.15, 0.2) is 53.8 Å². The van der Waals surface area contributed by atoms with Gasteiger partial charge in [-0.2, -0.15) is 0 Å². The molecule has 3 aromatic rings. The van der Waals surface area contributed by atoms with Crippen LogP contribution in [0.25, 0.3) is 11.0 Å². The maximum absolute atomic E-state index is 13.7. The van der Waals surface area contributed by atoms with Crippen molar-refractivity contribution in [2.75, 3.05) is 4.90 Å². The molecule has 0 saturated heterocycles. The van der Waals surface area contributed by atoms with Crippen LogP contribution < -0.4 is 4.90 Å². The number of halogens is 1. The van der Waals surface area contributed by atoms with E-state index in [2.05, 4.69) is 30.7 Å². The van der Waals surface area contributed by atoms with Crippen molar-refractivity contribution in [3.63, 3.8) is 0 Å². The third-order valence-corrected chi connectivity index (χ3v) is 5.85. The quantitative estimate of drug-likeness (QED) is 0.537. The molecular formula is C26H28FN3O3. The van der Waals surface area contributed by atoms with Gasteiger partial charge < -0.3 is 10.1 Å². The number of aliphatic hydroxyl groups is 1. The van der Waals surface area contributed by atoms with Crippen LogP contribution in [0.1, 0.15) is 58.2 Å². The van der Waals surface area contributed by atoms with E-state index in [0.717, 1.165) is 5.56 Å². The van der Waals surface area contributed by atoms with Crippen molar-refractivity contribution in [1.82, 2.24) is 9.97 Å². The number of aliphatic hydroxyl groups excluding tert-OH is 1. The van der Waals surface area contributed by atoms with Crippen LogP contribution in [0.3, 0.4) is 0 Å². The van der Waals surface area contributed by atoms with Gasteiger partial charge in [-0.1, -0.05) is 58.9 Å². The van der Waals surface area contributed by atoms with Crippen LogP contribution in [0.4, 0.5) is 10.3 Å². The molecule has 4 rings (SSSR count). The molecule has 0 spiro atoms. The summed E-state index contributed by atoms with van der Waals surface area (Å²) in [6, 6.07) is 10.9. The maximum Gasteiger partial charge on any atom is 0.296 e. The van der Waals surface area contributed by atoms with Gasteiger partial charge in [0.05, 0.1) is 22.6 Å². The van der Waals surface area contributed by atoms with Crippen molar-refractivity contribution in [3.8, 4) is 0 Å². The number of aromatic amines is 1. The van der Waals surface area contributed by atoms with Crippen LogP contribution in [0.2, 0.25) is 0 Å². The van der Waals surface area contributed by atoms with E-state index in [9.17, 15) is 19.1 Å². The molecule has 172 valence electrons. The van der Waals surface area contributed by atoms with Crippen LogP contribution in [-0.2, 0) is 15.0 Å². The van der Waals surface area contributed by atoms with Gasteiger partial charge >= 0.3 is 0 Å². The topological polar surface area (TPSA) is 86.3 Å². The Hall–Kier alpha value is -3.48. The fourth-order valence-electron chi connectivity index (χ4n) is 4.15. The smallest absolute Gasteiger partial charge is 0.296 e. The Labute approximate surface area is 192 Å². The summed E-state index contributed by atoms with van der Waals surface area (Å²) < 4.78 is 13.7. The van der Waals surface area contributed by atoms with E-state index >= 15 is 0 Å². The minimum atomic E-state index is -0.844. The van der Waals surface area contributed by atoms with Gasteiger partial charge in [0.15, 0.2) is 11.5 Å². The third-order valence-electron chi connectivity index (χ3n) is 5.85.